The number of nitrogens with one attached hydrogen (secondary N) is 2. The molecule has 3 rings (SSSR count). The molecule has 2 N–H and O–H groups in total. The number of carbonyl (C=O) groups is 1. The van der Waals surface area contributed by atoms with E-state index >= 15 is 0 Å². The van der Waals surface area contributed by atoms with Gasteiger partial charge in [0.25, 0.3) is 0 Å². The molecule has 0 aromatic heterocycles. The lowest BCUT2D eigenvalue weighted by Gasteiger charge is -2.28. The molecule has 0 spiro atoms. The van der Waals surface area contributed by atoms with Crippen LogP contribution in [0.3, 0.4) is 0 Å². The third kappa shape index (κ3) is 3.53. The summed E-state index contributed by atoms with van der Waals surface area (Å²) in [5, 5.41) is 6.39. The van der Waals surface area contributed by atoms with Crippen LogP contribution in [-0.4, -0.2) is 32.2 Å². The van der Waals surface area contributed by atoms with Gasteiger partial charge in [-0.2, -0.15) is 0 Å². The van der Waals surface area contributed by atoms with E-state index in [9.17, 15) is 4.79 Å². The standard InChI is InChI=1S/C17H24N2O3/c1-12(13-4-3-7-18-11-13)10-16(20)19-14-5-2-6-15-17(14)22-9-8-21-15/h2,5-6,12-13,18H,3-4,7-11H2,1H3,(H,19,20). The first-order chi connectivity index (χ1) is 10.7. The molecule has 2 aliphatic rings. The first-order valence-electron chi connectivity index (χ1n) is 8.13. The van der Waals surface area contributed by atoms with Crippen molar-refractivity contribution in [2.24, 2.45) is 11.8 Å². The summed E-state index contributed by atoms with van der Waals surface area (Å²) >= 11 is 0. The number of rotatable bonds is 4. The van der Waals surface area contributed by atoms with Crippen molar-refractivity contribution in [1.82, 2.24) is 5.32 Å². The topological polar surface area (TPSA) is 59.6 Å². The molecule has 1 aromatic carbocycles. The molecule has 2 atom stereocenters. The minimum atomic E-state index is 0.0423. The number of fused-ring (bicyclic) bond motifs is 1. The largest absolute Gasteiger partial charge is 0.486 e. The zero-order valence-corrected chi connectivity index (χ0v) is 13.1. The summed E-state index contributed by atoms with van der Waals surface area (Å²) in [6.07, 6.45) is 2.95. The number of ether oxygens (including phenoxy) is 2. The molecule has 1 saturated heterocycles. The number of hydrogen-bond acceptors (Lipinski definition) is 4. The maximum Gasteiger partial charge on any atom is 0.224 e. The normalized spacial score (nSPS) is 22.0. The van der Waals surface area contributed by atoms with Crippen LogP contribution in [-0.2, 0) is 4.79 Å². The van der Waals surface area contributed by atoms with E-state index in [-0.39, 0.29) is 5.91 Å². The van der Waals surface area contributed by atoms with Crippen molar-refractivity contribution < 1.29 is 14.3 Å². The minimum Gasteiger partial charge on any atom is -0.486 e. The Morgan fingerprint density at radius 3 is 3.09 bits per heavy atom. The summed E-state index contributed by atoms with van der Waals surface area (Å²) in [6, 6.07) is 5.59. The molecular formula is C17H24N2O3. The summed E-state index contributed by atoms with van der Waals surface area (Å²) in [7, 11) is 0. The highest BCUT2D eigenvalue weighted by Crippen LogP contribution is 2.37. The van der Waals surface area contributed by atoms with Crippen LogP contribution in [0.15, 0.2) is 18.2 Å². The third-order valence-corrected chi connectivity index (χ3v) is 4.49. The molecule has 0 aliphatic carbocycles. The first kappa shape index (κ1) is 15.2. The van der Waals surface area contributed by atoms with Crippen LogP contribution in [0.2, 0.25) is 0 Å². The van der Waals surface area contributed by atoms with E-state index in [0.717, 1.165) is 13.1 Å². The van der Waals surface area contributed by atoms with Gasteiger partial charge in [0.1, 0.15) is 13.2 Å². The molecule has 22 heavy (non-hydrogen) atoms. The summed E-state index contributed by atoms with van der Waals surface area (Å²) < 4.78 is 11.2. The number of carbonyl (C=O) groups excluding carboxylic acids is 1. The lowest BCUT2D eigenvalue weighted by molar-refractivity contribution is -0.117. The molecule has 0 radical (unpaired) electrons. The van der Waals surface area contributed by atoms with Gasteiger partial charge in [0.15, 0.2) is 11.5 Å². The van der Waals surface area contributed by atoms with Gasteiger partial charge >= 0.3 is 0 Å². The van der Waals surface area contributed by atoms with Crippen LogP contribution in [0.4, 0.5) is 5.69 Å². The second-order valence-electron chi connectivity index (χ2n) is 6.17. The van der Waals surface area contributed by atoms with Crippen molar-refractivity contribution in [2.75, 3.05) is 31.6 Å². The molecular weight excluding hydrogens is 280 g/mol. The Bertz CT molecular complexity index is 527. The Morgan fingerprint density at radius 2 is 2.27 bits per heavy atom. The fraction of sp³-hybridized carbons (Fsp3) is 0.588. The lowest BCUT2D eigenvalue weighted by Crippen LogP contribution is -2.34. The quantitative estimate of drug-likeness (QED) is 0.897. The molecule has 5 nitrogen and oxygen atoms in total. The van der Waals surface area contributed by atoms with Crippen LogP contribution in [0.5, 0.6) is 11.5 Å². The van der Waals surface area contributed by atoms with Crippen molar-refractivity contribution in [3.8, 4) is 11.5 Å². The molecule has 120 valence electrons. The smallest absolute Gasteiger partial charge is 0.224 e. The van der Waals surface area contributed by atoms with Crippen LogP contribution < -0.4 is 20.1 Å². The summed E-state index contributed by atoms with van der Waals surface area (Å²) in [5.74, 6) is 2.36. The number of piperidine rings is 1. The van der Waals surface area contributed by atoms with E-state index in [0.29, 0.717) is 48.7 Å². The Balaban J connectivity index is 1.59. The Kier molecular flexibility index (Phi) is 4.83. The summed E-state index contributed by atoms with van der Waals surface area (Å²) in [4.78, 5) is 12.3. The maximum atomic E-state index is 12.3. The predicted molar refractivity (Wildman–Crippen MR) is 85.4 cm³/mol. The van der Waals surface area contributed by atoms with Crippen LogP contribution in [0.1, 0.15) is 26.2 Å². The van der Waals surface area contributed by atoms with Gasteiger partial charge in [-0.25, -0.2) is 0 Å². The average Bonchev–Trinajstić information content (AvgIpc) is 2.56. The first-order valence-corrected chi connectivity index (χ1v) is 8.13. The number of para-hydroxylation sites is 1. The third-order valence-electron chi connectivity index (χ3n) is 4.49. The molecule has 0 bridgehead atoms. The molecule has 0 saturated carbocycles. The van der Waals surface area contributed by atoms with Crippen molar-refractivity contribution in [3.05, 3.63) is 18.2 Å². The van der Waals surface area contributed by atoms with E-state index in [1.807, 2.05) is 18.2 Å². The van der Waals surface area contributed by atoms with Crippen LogP contribution >= 0.6 is 0 Å². The molecule has 1 aromatic rings. The van der Waals surface area contributed by atoms with Gasteiger partial charge in [0.2, 0.25) is 5.91 Å². The number of amides is 1. The van der Waals surface area contributed by atoms with E-state index in [1.54, 1.807) is 0 Å². The predicted octanol–water partition coefficient (Wildman–Crippen LogP) is 2.42. The molecule has 5 heteroatoms. The molecule has 2 aliphatic heterocycles. The lowest BCUT2D eigenvalue weighted by atomic mass is 9.85. The molecule has 2 heterocycles. The highest BCUT2D eigenvalue weighted by atomic mass is 16.6. The van der Waals surface area contributed by atoms with E-state index in [1.165, 1.54) is 12.8 Å². The van der Waals surface area contributed by atoms with Gasteiger partial charge in [0, 0.05) is 6.42 Å². The van der Waals surface area contributed by atoms with Crippen molar-refractivity contribution in [3.63, 3.8) is 0 Å². The number of benzene rings is 1. The molecule has 1 fully saturated rings. The number of hydrogen-bond donors (Lipinski definition) is 2. The average molecular weight is 304 g/mol. The summed E-state index contributed by atoms with van der Waals surface area (Å²) in [6.45, 7) is 5.35. The zero-order valence-electron chi connectivity index (χ0n) is 13.1. The van der Waals surface area contributed by atoms with Gasteiger partial charge in [0.05, 0.1) is 5.69 Å². The minimum absolute atomic E-state index is 0.0423. The van der Waals surface area contributed by atoms with E-state index in [4.69, 9.17) is 9.47 Å². The van der Waals surface area contributed by atoms with Crippen LogP contribution in [0.25, 0.3) is 0 Å². The second-order valence-corrected chi connectivity index (χ2v) is 6.17. The van der Waals surface area contributed by atoms with Crippen molar-refractivity contribution in [2.45, 2.75) is 26.2 Å². The Hall–Kier alpha value is -1.75. The Morgan fingerprint density at radius 1 is 1.41 bits per heavy atom. The molecule has 2 unspecified atom stereocenters. The fourth-order valence-electron chi connectivity index (χ4n) is 3.20. The highest BCUT2D eigenvalue weighted by molar-refractivity contribution is 5.93. The number of anilines is 1. The van der Waals surface area contributed by atoms with Gasteiger partial charge < -0.3 is 20.1 Å². The van der Waals surface area contributed by atoms with E-state index < -0.39 is 0 Å². The van der Waals surface area contributed by atoms with E-state index in [2.05, 4.69) is 17.6 Å². The highest BCUT2D eigenvalue weighted by Gasteiger charge is 2.23. The zero-order chi connectivity index (χ0) is 15.4. The van der Waals surface area contributed by atoms with Gasteiger partial charge in [-0.3, -0.25) is 4.79 Å². The van der Waals surface area contributed by atoms with Gasteiger partial charge in [-0.05, 0) is 49.9 Å². The van der Waals surface area contributed by atoms with Crippen molar-refractivity contribution in [1.29, 1.82) is 0 Å². The summed E-state index contributed by atoms with van der Waals surface area (Å²) in [5.41, 5.74) is 0.705. The van der Waals surface area contributed by atoms with Crippen LogP contribution in [0, 0.1) is 11.8 Å². The van der Waals surface area contributed by atoms with Gasteiger partial charge in [-0.15, -0.1) is 0 Å². The monoisotopic (exact) mass is 304 g/mol. The Labute approximate surface area is 131 Å². The van der Waals surface area contributed by atoms with Gasteiger partial charge in [-0.1, -0.05) is 13.0 Å². The fourth-order valence-corrected chi connectivity index (χ4v) is 3.20. The molecule has 1 amide bonds. The maximum absolute atomic E-state index is 12.3. The SMILES string of the molecule is CC(CC(=O)Nc1cccc2c1OCCO2)C1CCCNC1. The van der Waals surface area contributed by atoms with Crippen molar-refractivity contribution >= 4 is 11.6 Å². The second kappa shape index (κ2) is 7.01.